The quantitative estimate of drug-likeness (QED) is 0.150. The van der Waals surface area contributed by atoms with E-state index < -0.39 is 48.0 Å². The van der Waals surface area contributed by atoms with E-state index in [2.05, 4.69) is 0 Å². The highest BCUT2D eigenvalue weighted by Crippen LogP contribution is 2.36. The number of carbonyl (C=O) groups is 2. The molecule has 0 spiro atoms. The summed E-state index contributed by atoms with van der Waals surface area (Å²) in [4.78, 5) is 52.2. The summed E-state index contributed by atoms with van der Waals surface area (Å²) in [5, 5.41) is 10.6. The lowest BCUT2D eigenvalue weighted by Crippen LogP contribution is -2.40. The van der Waals surface area contributed by atoms with E-state index in [1.807, 2.05) is 68.4 Å². The normalized spacial score (nSPS) is 16.5. The van der Waals surface area contributed by atoms with Gasteiger partial charge in [0, 0.05) is 59.8 Å². The molecule has 9 nitrogen and oxygen atoms in total. The van der Waals surface area contributed by atoms with Crippen LogP contribution in [-0.2, 0) is 25.5 Å². The molecule has 0 aliphatic heterocycles. The highest BCUT2D eigenvalue weighted by molar-refractivity contribution is 5.70. The van der Waals surface area contributed by atoms with Gasteiger partial charge in [0.05, 0.1) is 12.0 Å². The molecule has 268 valence electrons. The fourth-order valence-electron chi connectivity index (χ4n) is 6.63. The number of hydrogen-bond acceptors (Lipinski definition) is 9. The minimum Gasteiger partial charge on any atom is -0.465 e. The average Bonchev–Trinajstić information content (AvgIpc) is 3.02. The molecular weight excluding hydrogens is 612 g/mol. The van der Waals surface area contributed by atoms with Crippen LogP contribution < -0.4 is 10.9 Å². The zero-order chi connectivity index (χ0) is 36.8. The van der Waals surface area contributed by atoms with Gasteiger partial charge in [-0.25, -0.2) is 0 Å². The molecular formula is C39H58O9. The van der Waals surface area contributed by atoms with E-state index in [0.717, 1.165) is 0 Å². The lowest BCUT2D eigenvalue weighted by atomic mass is 9.82. The van der Waals surface area contributed by atoms with E-state index in [4.69, 9.17) is 18.3 Å². The Morgan fingerprint density at radius 2 is 1.29 bits per heavy atom. The van der Waals surface area contributed by atoms with Gasteiger partial charge < -0.3 is 23.4 Å². The van der Waals surface area contributed by atoms with Gasteiger partial charge in [0.25, 0.3) is 0 Å². The van der Waals surface area contributed by atoms with Crippen molar-refractivity contribution in [3.8, 4) is 0 Å². The van der Waals surface area contributed by atoms with Crippen molar-refractivity contribution in [2.45, 2.75) is 152 Å². The van der Waals surface area contributed by atoms with Crippen molar-refractivity contribution in [2.24, 2.45) is 11.8 Å². The molecule has 0 aliphatic rings. The molecule has 0 saturated heterocycles. The molecule has 1 N–H and O–H groups in total. The topological polar surface area (TPSA) is 133 Å². The van der Waals surface area contributed by atoms with Gasteiger partial charge in [-0.3, -0.25) is 19.2 Å². The number of rotatable bonds is 15. The second-order valence-corrected chi connectivity index (χ2v) is 13.9. The molecule has 2 heterocycles. The Morgan fingerprint density at radius 3 is 1.79 bits per heavy atom. The third kappa shape index (κ3) is 9.36. The van der Waals surface area contributed by atoms with Gasteiger partial charge in [-0.1, -0.05) is 61.5 Å². The summed E-state index contributed by atoms with van der Waals surface area (Å²) in [6.45, 7) is 25.1. The highest BCUT2D eigenvalue weighted by Gasteiger charge is 2.39. The van der Waals surface area contributed by atoms with E-state index in [9.17, 15) is 24.3 Å². The molecule has 0 aromatic carbocycles. The van der Waals surface area contributed by atoms with E-state index in [1.165, 1.54) is 6.92 Å². The summed E-state index contributed by atoms with van der Waals surface area (Å²) in [6.07, 6.45) is 0.728. The molecule has 0 amide bonds. The summed E-state index contributed by atoms with van der Waals surface area (Å²) in [5.74, 6) is -0.962. The lowest BCUT2D eigenvalue weighted by Gasteiger charge is -2.35. The van der Waals surface area contributed by atoms with Crippen molar-refractivity contribution in [1.29, 1.82) is 0 Å². The number of aryl methyl sites for hydroxylation is 1. The number of aliphatic hydroxyl groups excluding tert-OH is 1. The maximum atomic E-state index is 13.5. The minimum atomic E-state index is -0.867. The van der Waals surface area contributed by atoms with Gasteiger partial charge >= 0.3 is 11.9 Å². The molecule has 7 atom stereocenters. The van der Waals surface area contributed by atoms with Crippen LogP contribution in [-0.4, -0.2) is 35.4 Å². The summed E-state index contributed by atoms with van der Waals surface area (Å²) < 4.78 is 24.7. The first-order chi connectivity index (χ1) is 22.3. The van der Waals surface area contributed by atoms with Crippen LogP contribution in [0, 0.1) is 39.5 Å². The van der Waals surface area contributed by atoms with E-state index in [-0.39, 0.29) is 29.1 Å². The molecule has 2 aromatic rings. The Morgan fingerprint density at radius 1 is 0.771 bits per heavy atom. The smallest absolute Gasteiger partial charge is 0.306 e. The van der Waals surface area contributed by atoms with Gasteiger partial charge in [0.2, 0.25) is 0 Å². The Labute approximate surface area is 286 Å². The van der Waals surface area contributed by atoms with E-state index in [1.54, 1.807) is 27.7 Å². The Balaban J connectivity index is 2.74. The number of allylic oxidation sites excluding steroid dienone is 1. The van der Waals surface area contributed by atoms with Gasteiger partial charge in [-0.05, 0) is 52.5 Å². The van der Waals surface area contributed by atoms with Crippen LogP contribution in [0.1, 0.15) is 145 Å². The SMILES string of the molecule is CCc1oc(C(C)C=C(C)C(OC(C)=O)C(C)C(OC(=O)CC(C)C)C(C)c2oc(C(C)C(O)CC)c(C)c(=O)c2C)c(C)c(=O)c1C. The zero-order valence-electron chi connectivity index (χ0n) is 31.5. The molecule has 7 unspecified atom stereocenters. The lowest BCUT2D eigenvalue weighted by molar-refractivity contribution is -0.160. The summed E-state index contributed by atoms with van der Waals surface area (Å²) in [6, 6.07) is 0. The van der Waals surface area contributed by atoms with Crippen LogP contribution >= 0.6 is 0 Å². The third-order valence-corrected chi connectivity index (χ3v) is 9.49. The standard InChI is InChI=1S/C39H58O9/c1-15-30(41)22(7)37-25(10)34(44)26(11)38(48-37)28(13)39(47-32(42)17-19(3)4)27(12)36(45-29(14)40)21(6)18-20(5)35-24(9)33(43)23(8)31(16-2)46-35/h18-20,22,27-28,30,36,39,41H,15-17H2,1-14H3. The largest absolute Gasteiger partial charge is 0.465 e. The summed E-state index contributed by atoms with van der Waals surface area (Å²) in [7, 11) is 0. The molecule has 0 fully saturated rings. The van der Waals surface area contributed by atoms with Crippen LogP contribution in [0.5, 0.6) is 0 Å². The Hall–Kier alpha value is -3.46. The number of carbonyl (C=O) groups excluding carboxylic acids is 2. The van der Waals surface area contributed by atoms with Gasteiger partial charge in [-0.15, -0.1) is 0 Å². The van der Waals surface area contributed by atoms with Crippen molar-refractivity contribution in [3.63, 3.8) is 0 Å². The van der Waals surface area contributed by atoms with Crippen molar-refractivity contribution in [2.75, 3.05) is 0 Å². The molecule has 9 heteroatoms. The van der Waals surface area contributed by atoms with Crippen LogP contribution in [0.2, 0.25) is 0 Å². The van der Waals surface area contributed by atoms with E-state index in [0.29, 0.717) is 63.7 Å². The fourth-order valence-corrected chi connectivity index (χ4v) is 6.63. The minimum absolute atomic E-state index is 0.0398. The van der Waals surface area contributed by atoms with Crippen LogP contribution in [0.4, 0.5) is 0 Å². The fraction of sp³-hybridized carbons (Fsp3) is 0.641. The third-order valence-electron chi connectivity index (χ3n) is 9.49. The van der Waals surface area contributed by atoms with Crippen LogP contribution in [0.15, 0.2) is 30.1 Å². The van der Waals surface area contributed by atoms with Crippen molar-refractivity contribution in [1.82, 2.24) is 0 Å². The van der Waals surface area contributed by atoms with E-state index >= 15 is 0 Å². The van der Waals surface area contributed by atoms with Crippen LogP contribution in [0.25, 0.3) is 0 Å². The molecule has 2 aromatic heterocycles. The predicted octanol–water partition coefficient (Wildman–Crippen LogP) is 7.64. The van der Waals surface area contributed by atoms with Crippen molar-refractivity contribution < 1.29 is 33.0 Å². The molecule has 0 saturated carbocycles. The number of aliphatic hydroxyl groups is 1. The van der Waals surface area contributed by atoms with Crippen LogP contribution in [0.3, 0.4) is 0 Å². The number of hydrogen-bond donors (Lipinski definition) is 1. The summed E-state index contributed by atoms with van der Waals surface area (Å²) >= 11 is 0. The maximum Gasteiger partial charge on any atom is 0.306 e. The zero-order valence-corrected chi connectivity index (χ0v) is 31.5. The van der Waals surface area contributed by atoms with Gasteiger partial charge in [-0.2, -0.15) is 0 Å². The molecule has 0 aliphatic carbocycles. The second-order valence-electron chi connectivity index (χ2n) is 13.9. The molecule has 2 rings (SSSR count). The molecule has 0 radical (unpaired) electrons. The number of esters is 2. The van der Waals surface area contributed by atoms with Crippen molar-refractivity contribution >= 4 is 11.9 Å². The first-order valence-corrected chi connectivity index (χ1v) is 17.3. The molecule has 48 heavy (non-hydrogen) atoms. The second kappa shape index (κ2) is 17.3. The van der Waals surface area contributed by atoms with Gasteiger partial charge in [0.15, 0.2) is 10.9 Å². The maximum absolute atomic E-state index is 13.5. The monoisotopic (exact) mass is 670 g/mol. The number of ether oxygens (including phenoxy) is 2. The Bertz CT molecular complexity index is 1590. The first kappa shape index (κ1) is 40.7. The van der Waals surface area contributed by atoms with Gasteiger partial charge in [0.1, 0.15) is 35.2 Å². The summed E-state index contributed by atoms with van der Waals surface area (Å²) in [5.41, 5.74) is 2.37. The Kier molecular flexibility index (Phi) is 14.7. The van der Waals surface area contributed by atoms with Crippen molar-refractivity contribution in [3.05, 3.63) is 77.4 Å². The first-order valence-electron chi connectivity index (χ1n) is 17.3. The average molecular weight is 671 g/mol. The predicted molar refractivity (Wildman–Crippen MR) is 188 cm³/mol. The molecule has 0 bridgehead atoms. The highest BCUT2D eigenvalue weighted by atomic mass is 16.6.